The van der Waals surface area contributed by atoms with Crippen molar-refractivity contribution in [1.82, 2.24) is 35.2 Å². The molecule has 0 aliphatic rings. The lowest BCUT2D eigenvalue weighted by Gasteiger charge is -2.09. The van der Waals surface area contributed by atoms with Crippen LogP contribution in [0, 0.1) is 0 Å². The molecule has 0 atom stereocenters. The molecule has 0 spiro atoms. The second-order valence-electron chi connectivity index (χ2n) is 18.0. The number of para-hydroxylation sites is 1. The van der Waals surface area contributed by atoms with E-state index < -0.39 is 0 Å². The topological polar surface area (TPSA) is 78.2 Å². The molecule has 0 bridgehead atoms. The third-order valence-corrected chi connectivity index (χ3v) is 14.1. The summed E-state index contributed by atoms with van der Waals surface area (Å²) in [7, 11) is 0. The van der Waals surface area contributed by atoms with Gasteiger partial charge in [0.05, 0.1) is 0 Å². The molecule has 0 saturated carbocycles. The molecule has 5 aromatic heterocycles. The van der Waals surface area contributed by atoms with Gasteiger partial charge in [-0.2, -0.15) is 11.3 Å². The number of hydrogen-bond acceptors (Lipinski definition) is 8. The van der Waals surface area contributed by atoms with E-state index in [2.05, 4.69) is 210 Å². The minimum atomic E-state index is 0. The molecule has 10 aromatic rings. The van der Waals surface area contributed by atoms with Gasteiger partial charge < -0.3 is 4.57 Å². The van der Waals surface area contributed by atoms with Crippen LogP contribution >= 0.6 is 34.0 Å². The maximum Gasteiger partial charge on any atom is 0.231 e. The van der Waals surface area contributed by atoms with Crippen molar-refractivity contribution in [3.63, 3.8) is 0 Å². The summed E-state index contributed by atoms with van der Waals surface area (Å²) in [5.41, 5.74) is 11.8. The Hall–Kier alpha value is -6.66. The summed E-state index contributed by atoms with van der Waals surface area (Å²) in [6.45, 7) is 21.8. The first-order chi connectivity index (χ1) is 33.9. The van der Waals surface area contributed by atoms with Gasteiger partial charge in [-0.05, 0) is 135 Å². The van der Waals surface area contributed by atoms with Crippen LogP contribution in [0.2, 0.25) is 0 Å². The zero-order chi connectivity index (χ0) is 49.8. The summed E-state index contributed by atoms with van der Waals surface area (Å²) in [6.07, 6.45) is 1.77. The van der Waals surface area contributed by atoms with Crippen LogP contribution in [0.1, 0.15) is 152 Å². The molecule has 11 heteroatoms. The molecule has 0 radical (unpaired) electrons. The first-order valence-corrected chi connectivity index (χ1v) is 26.7. The fourth-order valence-corrected chi connectivity index (χ4v) is 10.5. The van der Waals surface area contributed by atoms with Gasteiger partial charge in [0.1, 0.15) is 23.3 Å². The van der Waals surface area contributed by atoms with Gasteiger partial charge in [0.15, 0.2) is 5.82 Å². The Bertz CT molecular complexity index is 2490. The number of nitrogens with zero attached hydrogens (tertiary/aromatic N) is 8. The Morgan fingerprint density at radius 3 is 1.44 bits per heavy atom. The fraction of sp³-hybridized carbons (Fsp3) is 0.312. The van der Waals surface area contributed by atoms with Crippen LogP contribution in [0.3, 0.4) is 0 Å². The Morgan fingerprint density at radius 2 is 0.947 bits per heavy atom. The number of benzene rings is 5. The van der Waals surface area contributed by atoms with Gasteiger partial charge in [-0.25, -0.2) is 0 Å². The zero-order valence-corrected chi connectivity index (χ0v) is 44.6. The smallest absolute Gasteiger partial charge is 0.231 e. The highest BCUT2D eigenvalue weighted by atomic mass is 32.1. The molecule has 75 heavy (non-hydrogen) atoms. The Kier molecular flexibility index (Phi) is 30.1. The number of rotatable bonds is 10. The summed E-state index contributed by atoms with van der Waals surface area (Å²) >= 11 is 5.47. The van der Waals surface area contributed by atoms with Crippen LogP contribution in [0.4, 0.5) is 0 Å². The first-order valence-electron chi connectivity index (χ1n) is 24.0. The van der Waals surface area contributed by atoms with Gasteiger partial charge >= 0.3 is 0 Å². The monoisotopic (exact) mass is 1060 g/mol. The van der Waals surface area contributed by atoms with Gasteiger partial charge in [0.25, 0.3) is 0 Å². The standard InChI is InChI=1S/3C13H14S.C11H13N3.C9H12N5.5CH4/c1-10(2)12-8-14-9-13(12)11-6-4-3-5-7-11;1-10(2)13-12(8-9-14-13)11-6-4-3-5-7-11;1-10(2)12-8-9-14-13(12)11-6-4-3-5-7-11;1-9(2)14-8-12-13-11(14)10-6-4-3-5-7-10;1-8(2)13-11-10-12-14(13)9-6-4-3-5-7-9;;;;;/h3*3-10H,1-2H3;3-9H,1-2H3;3-8H,1-2H3;5*1H4/q;;;;+1;;;;;. The molecule has 5 aromatic carbocycles. The van der Waals surface area contributed by atoms with Crippen LogP contribution < -0.4 is 4.80 Å². The lowest BCUT2D eigenvalue weighted by molar-refractivity contribution is -0.838. The third kappa shape index (κ3) is 18.9. The number of thiophene rings is 3. The number of hydrogen-bond donors (Lipinski definition) is 0. The third-order valence-electron chi connectivity index (χ3n) is 11.1. The second-order valence-corrected chi connectivity index (χ2v) is 20.6. The van der Waals surface area contributed by atoms with Crippen LogP contribution in [0.15, 0.2) is 192 Å². The minimum Gasteiger partial charge on any atom is -0.311 e. The van der Waals surface area contributed by atoms with E-state index in [9.17, 15) is 0 Å². The van der Waals surface area contributed by atoms with E-state index in [0.29, 0.717) is 23.8 Å². The Morgan fingerprint density at radius 1 is 0.467 bits per heavy atom. The molecule has 400 valence electrons. The van der Waals surface area contributed by atoms with E-state index in [-0.39, 0.29) is 43.2 Å². The predicted octanol–water partition coefficient (Wildman–Crippen LogP) is 19.9. The molecule has 0 fully saturated rings. The molecular weight excluding hydrogens is 977 g/mol. The molecule has 0 unspecified atom stereocenters. The average Bonchev–Trinajstić information content (AvgIpc) is 4.25. The highest BCUT2D eigenvalue weighted by Gasteiger charge is 2.17. The summed E-state index contributed by atoms with van der Waals surface area (Å²) in [5, 5.41) is 28.4. The lowest BCUT2D eigenvalue weighted by Crippen LogP contribution is -2.47. The van der Waals surface area contributed by atoms with Gasteiger partial charge in [-0.15, -0.1) is 32.9 Å². The van der Waals surface area contributed by atoms with Crippen LogP contribution in [0.25, 0.3) is 49.8 Å². The number of aromatic nitrogens is 8. The van der Waals surface area contributed by atoms with E-state index in [0.717, 1.165) is 17.1 Å². The SMILES string of the molecule is C.C.C.C.C.CC(C)[n+]1nnnn1-c1ccccc1.CC(C)c1ccsc1-c1ccccc1.CC(C)c1cscc1-c1ccccc1.CC(C)c1sccc1-c1ccccc1.CC(C)n1cnnc1-c1ccccc1. The molecule has 0 saturated heterocycles. The van der Waals surface area contributed by atoms with Crippen LogP contribution in [-0.2, 0) is 0 Å². The molecular formula is C64H87N8S3+. The van der Waals surface area contributed by atoms with Gasteiger partial charge in [-0.3, -0.25) is 0 Å². The van der Waals surface area contributed by atoms with E-state index >= 15 is 0 Å². The van der Waals surface area contributed by atoms with Crippen molar-refractivity contribution in [2.45, 2.75) is 136 Å². The van der Waals surface area contributed by atoms with Crippen LogP contribution in [-0.4, -0.2) is 35.2 Å². The quantitative estimate of drug-likeness (QED) is 0.128. The second kappa shape index (κ2) is 34.0. The van der Waals surface area contributed by atoms with E-state index in [1.54, 1.807) is 27.3 Å². The highest BCUT2D eigenvalue weighted by molar-refractivity contribution is 7.13. The van der Waals surface area contributed by atoms with Crippen molar-refractivity contribution in [3.05, 3.63) is 208 Å². The molecule has 0 aliphatic carbocycles. The largest absolute Gasteiger partial charge is 0.311 e. The maximum atomic E-state index is 4.12. The van der Waals surface area contributed by atoms with Crippen molar-refractivity contribution in [2.75, 3.05) is 0 Å². The lowest BCUT2D eigenvalue weighted by atomic mass is 9.97. The van der Waals surface area contributed by atoms with Crippen LogP contribution in [0.5, 0.6) is 0 Å². The summed E-state index contributed by atoms with van der Waals surface area (Å²) < 4.78 is 2.06. The molecule has 0 amide bonds. The molecule has 10 rings (SSSR count). The average molecular weight is 1060 g/mol. The maximum absolute atomic E-state index is 4.12. The van der Waals surface area contributed by atoms with Crippen molar-refractivity contribution < 1.29 is 4.80 Å². The molecule has 0 N–H and O–H groups in total. The molecule has 5 heterocycles. The van der Waals surface area contributed by atoms with E-state index in [4.69, 9.17) is 0 Å². The van der Waals surface area contributed by atoms with Crippen molar-refractivity contribution in [3.8, 4) is 49.8 Å². The first kappa shape index (κ1) is 66.4. The Labute approximate surface area is 464 Å². The zero-order valence-electron chi connectivity index (χ0n) is 42.2. The summed E-state index contributed by atoms with van der Waals surface area (Å²) in [4.78, 5) is 6.32. The highest BCUT2D eigenvalue weighted by Crippen LogP contribution is 2.35. The van der Waals surface area contributed by atoms with Crippen molar-refractivity contribution >= 4 is 34.0 Å². The fourth-order valence-electron chi connectivity index (χ4n) is 7.47. The van der Waals surface area contributed by atoms with E-state index in [1.807, 2.05) is 97.2 Å². The molecule has 0 aliphatic heterocycles. The molecule has 8 nitrogen and oxygen atoms in total. The van der Waals surface area contributed by atoms with Crippen molar-refractivity contribution in [1.29, 1.82) is 0 Å². The van der Waals surface area contributed by atoms with Crippen molar-refractivity contribution in [2.24, 2.45) is 0 Å². The summed E-state index contributed by atoms with van der Waals surface area (Å²) in [5.74, 6) is 2.76. The van der Waals surface area contributed by atoms with Gasteiger partial charge in [0.2, 0.25) is 10.4 Å². The summed E-state index contributed by atoms with van der Waals surface area (Å²) in [6, 6.07) is 56.8. The van der Waals surface area contributed by atoms with Gasteiger partial charge in [0, 0.05) is 21.4 Å². The van der Waals surface area contributed by atoms with Gasteiger partial charge in [-0.1, -0.05) is 223 Å². The predicted molar refractivity (Wildman–Crippen MR) is 331 cm³/mol. The van der Waals surface area contributed by atoms with E-state index in [1.165, 1.54) is 48.7 Å². The minimum absolute atomic E-state index is 0. The normalized spacial score (nSPS) is 10.1. The Balaban J connectivity index is 0.000000461.